The third-order valence-corrected chi connectivity index (χ3v) is 4.28. The van der Waals surface area contributed by atoms with Crippen LogP contribution >= 0.6 is 0 Å². The Morgan fingerprint density at radius 3 is 2.20 bits per heavy atom. The lowest BCUT2D eigenvalue weighted by molar-refractivity contribution is 0.442. The monoisotopic (exact) mass is 268 g/mol. The molecule has 0 heterocycles. The third kappa shape index (κ3) is 2.64. The highest BCUT2D eigenvalue weighted by Gasteiger charge is 2.17. The molecule has 1 saturated carbocycles. The number of benzene rings is 2. The first-order chi connectivity index (χ1) is 9.74. The Bertz CT molecular complexity index is 581. The van der Waals surface area contributed by atoms with Gasteiger partial charge in [0.2, 0.25) is 0 Å². The molecular formula is C18H20O2. The molecule has 0 unspecified atom stereocenters. The fourth-order valence-corrected chi connectivity index (χ4v) is 3.12. The van der Waals surface area contributed by atoms with Crippen LogP contribution in [0.25, 0.3) is 11.1 Å². The van der Waals surface area contributed by atoms with Gasteiger partial charge in [0.15, 0.2) is 0 Å². The first-order valence-corrected chi connectivity index (χ1v) is 7.36. The van der Waals surface area contributed by atoms with Crippen LogP contribution in [0.15, 0.2) is 42.5 Å². The molecule has 0 aliphatic heterocycles. The molecule has 20 heavy (non-hydrogen) atoms. The van der Waals surface area contributed by atoms with Crippen molar-refractivity contribution in [3.8, 4) is 22.6 Å². The van der Waals surface area contributed by atoms with Gasteiger partial charge in [-0.25, -0.2) is 0 Å². The van der Waals surface area contributed by atoms with Gasteiger partial charge in [-0.2, -0.15) is 0 Å². The fraction of sp³-hybridized carbons (Fsp3) is 0.333. The summed E-state index contributed by atoms with van der Waals surface area (Å²) in [5.41, 5.74) is 3.12. The predicted molar refractivity (Wildman–Crippen MR) is 81.0 cm³/mol. The van der Waals surface area contributed by atoms with E-state index in [-0.39, 0.29) is 5.75 Å². The fourth-order valence-electron chi connectivity index (χ4n) is 3.12. The van der Waals surface area contributed by atoms with Gasteiger partial charge in [-0.05, 0) is 54.2 Å². The normalized spacial score (nSPS) is 16.2. The lowest BCUT2D eigenvalue weighted by atomic mass is 9.83. The summed E-state index contributed by atoms with van der Waals surface area (Å²) in [4.78, 5) is 0. The molecule has 0 spiro atoms. The van der Waals surface area contributed by atoms with Gasteiger partial charge in [0.1, 0.15) is 11.5 Å². The Hall–Kier alpha value is -1.96. The van der Waals surface area contributed by atoms with Crippen LogP contribution in [0.1, 0.15) is 43.6 Å². The second-order valence-electron chi connectivity index (χ2n) is 5.66. The minimum absolute atomic E-state index is 0.247. The van der Waals surface area contributed by atoms with Crippen LogP contribution in [0.3, 0.4) is 0 Å². The summed E-state index contributed by atoms with van der Waals surface area (Å²) in [6, 6.07) is 13.0. The molecule has 0 radical (unpaired) electrons. The summed E-state index contributed by atoms with van der Waals surface area (Å²) in [6.45, 7) is 0. The van der Waals surface area contributed by atoms with Gasteiger partial charge in [0, 0.05) is 5.56 Å². The molecule has 104 valence electrons. The number of phenolic OH excluding ortho intramolecular Hbond substituents is 2. The summed E-state index contributed by atoms with van der Waals surface area (Å²) in [7, 11) is 0. The summed E-state index contributed by atoms with van der Waals surface area (Å²) in [5.74, 6) is 1.17. The van der Waals surface area contributed by atoms with Crippen LogP contribution < -0.4 is 0 Å². The maximum atomic E-state index is 10.1. The van der Waals surface area contributed by atoms with Gasteiger partial charge >= 0.3 is 0 Å². The summed E-state index contributed by atoms with van der Waals surface area (Å²) in [5, 5.41) is 19.5. The number of aromatic hydroxyl groups is 2. The Morgan fingerprint density at radius 1 is 0.800 bits per heavy atom. The average Bonchev–Trinajstić information content (AvgIpc) is 2.50. The van der Waals surface area contributed by atoms with Gasteiger partial charge in [0.25, 0.3) is 0 Å². The average molecular weight is 268 g/mol. The third-order valence-electron chi connectivity index (χ3n) is 4.28. The van der Waals surface area contributed by atoms with Gasteiger partial charge in [-0.1, -0.05) is 37.5 Å². The van der Waals surface area contributed by atoms with Crippen molar-refractivity contribution in [2.45, 2.75) is 38.0 Å². The highest BCUT2D eigenvalue weighted by atomic mass is 16.3. The van der Waals surface area contributed by atoms with Crippen LogP contribution in [-0.4, -0.2) is 10.2 Å². The largest absolute Gasteiger partial charge is 0.508 e. The minimum atomic E-state index is 0.247. The van der Waals surface area contributed by atoms with E-state index in [1.54, 1.807) is 18.2 Å². The van der Waals surface area contributed by atoms with Gasteiger partial charge in [0.05, 0.1) is 0 Å². The van der Waals surface area contributed by atoms with Crippen molar-refractivity contribution in [3.05, 3.63) is 48.0 Å². The van der Waals surface area contributed by atoms with E-state index in [4.69, 9.17) is 0 Å². The molecule has 0 amide bonds. The number of hydrogen-bond donors (Lipinski definition) is 2. The summed E-state index contributed by atoms with van der Waals surface area (Å²) < 4.78 is 0. The molecule has 3 rings (SSSR count). The quantitative estimate of drug-likeness (QED) is 0.820. The molecule has 2 N–H and O–H groups in total. The molecule has 0 saturated heterocycles. The second kappa shape index (κ2) is 5.58. The molecule has 0 aromatic heterocycles. The molecule has 2 heteroatoms. The van der Waals surface area contributed by atoms with E-state index in [1.807, 2.05) is 12.1 Å². The van der Waals surface area contributed by atoms with Crippen molar-refractivity contribution in [3.63, 3.8) is 0 Å². The van der Waals surface area contributed by atoms with E-state index in [0.717, 1.165) is 11.1 Å². The maximum Gasteiger partial charge on any atom is 0.123 e. The molecule has 1 aliphatic rings. The number of phenols is 2. The van der Waals surface area contributed by atoms with Crippen molar-refractivity contribution in [2.24, 2.45) is 0 Å². The Balaban J connectivity index is 1.95. The lowest BCUT2D eigenvalue weighted by Gasteiger charge is -2.22. The van der Waals surface area contributed by atoms with Crippen molar-refractivity contribution >= 4 is 0 Å². The lowest BCUT2D eigenvalue weighted by Crippen LogP contribution is -2.04. The zero-order chi connectivity index (χ0) is 13.9. The first kappa shape index (κ1) is 13.0. The molecule has 2 aromatic carbocycles. The molecule has 2 nitrogen and oxygen atoms in total. The van der Waals surface area contributed by atoms with E-state index < -0.39 is 0 Å². The standard InChI is InChI=1S/C18H20O2/c19-16-9-6-14(7-10-16)17-12-15(8-11-18(17)20)13-4-2-1-3-5-13/h6-13,19-20H,1-5H2. The maximum absolute atomic E-state index is 10.1. The van der Waals surface area contributed by atoms with Crippen LogP contribution in [0.2, 0.25) is 0 Å². The van der Waals surface area contributed by atoms with Crippen LogP contribution in [0, 0.1) is 0 Å². The molecule has 1 fully saturated rings. The molecule has 2 aromatic rings. The van der Waals surface area contributed by atoms with E-state index >= 15 is 0 Å². The summed E-state index contributed by atoms with van der Waals surface area (Å²) >= 11 is 0. The van der Waals surface area contributed by atoms with Crippen LogP contribution in [0.5, 0.6) is 11.5 Å². The van der Waals surface area contributed by atoms with E-state index in [1.165, 1.54) is 37.7 Å². The molecule has 1 aliphatic carbocycles. The minimum Gasteiger partial charge on any atom is -0.508 e. The molecule has 0 atom stereocenters. The summed E-state index contributed by atoms with van der Waals surface area (Å²) in [6.07, 6.45) is 6.46. The number of rotatable bonds is 2. The Kier molecular flexibility index (Phi) is 3.64. The molecular weight excluding hydrogens is 248 g/mol. The van der Waals surface area contributed by atoms with Crippen LogP contribution in [0.4, 0.5) is 0 Å². The van der Waals surface area contributed by atoms with Crippen molar-refractivity contribution in [2.75, 3.05) is 0 Å². The van der Waals surface area contributed by atoms with Gasteiger partial charge in [-0.15, -0.1) is 0 Å². The molecule has 0 bridgehead atoms. The van der Waals surface area contributed by atoms with E-state index in [9.17, 15) is 10.2 Å². The second-order valence-corrected chi connectivity index (χ2v) is 5.66. The smallest absolute Gasteiger partial charge is 0.123 e. The highest BCUT2D eigenvalue weighted by Crippen LogP contribution is 2.37. The zero-order valence-corrected chi connectivity index (χ0v) is 11.5. The predicted octanol–water partition coefficient (Wildman–Crippen LogP) is 4.81. The van der Waals surface area contributed by atoms with Gasteiger partial charge < -0.3 is 10.2 Å². The van der Waals surface area contributed by atoms with Crippen LogP contribution in [-0.2, 0) is 0 Å². The number of hydrogen-bond acceptors (Lipinski definition) is 2. The topological polar surface area (TPSA) is 40.5 Å². The SMILES string of the molecule is Oc1ccc(-c2cc(C3CCCCC3)ccc2O)cc1. The van der Waals surface area contributed by atoms with Crippen molar-refractivity contribution in [1.82, 2.24) is 0 Å². The van der Waals surface area contributed by atoms with Crippen molar-refractivity contribution in [1.29, 1.82) is 0 Å². The first-order valence-electron chi connectivity index (χ1n) is 7.36. The highest BCUT2D eigenvalue weighted by molar-refractivity contribution is 5.71. The zero-order valence-electron chi connectivity index (χ0n) is 11.5. The Labute approximate surface area is 119 Å². The van der Waals surface area contributed by atoms with E-state index in [2.05, 4.69) is 12.1 Å². The van der Waals surface area contributed by atoms with Crippen molar-refractivity contribution < 1.29 is 10.2 Å². The van der Waals surface area contributed by atoms with Gasteiger partial charge in [-0.3, -0.25) is 0 Å². The van der Waals surface area contributed by atoms with E-state index in [0.29, 0.717) is 11.7 Å². The Morgan fingerprint density at radius 2 is 1.50 bits per heavy atom.